The molecule has 2 atom stereocenters. The van der Waals surface area contributed by atoms with Gasteiger partial charge in [0.15, 0.2) is 6.10 Å². The lowest BCUT2D eigenvalue weighted by atomic mass is 10.00. The molecule has 204 valence electrons. The maximum Gasteiger partial charge on any atom is 0.405 e. The first kappa shape index (κ1) is 26.4. The molecule has 0 saturated carbocycles. The number of nitro groups is 1. The molecular weight excluding hydrogens is 520 g/mol. The van der Waals surface area contributed by atoms with Gasteiger partial charge in [-0.15, -0.1) is 0 Å². The maximum atomic E-state index is 13.0. The van der Waals surface area contributed by atoms with E-state index >= 15 is 0 Å². The van der Waals surface area contributed by atoms with Gasteiger partial charge in [0.1, 0.15) is 18.4 Å². The Morgan fingerprint density at radius 2 is 1.73 bits per heavy atom. The third kappa shape index (κ3) is 5.32. The molecule has 3 N–H and O–H groups in total. The zero-order valence-electron chi connectivity index (χ0n) is 21.1. The molecule has 40 heavy (non-hydrogen) atoms. The third-order valence-corrected chi connectivity index (χ3v) is 6.86. The first-order valence-electron chi connectivity index (χ1n) is 12.4. The van der Waals surface area contributed by atoms with Gasteiger partial charge in [-0.3, -0.25) is 29.8 Å². The normalized spacial score (nSPS) is 17.1. The number of amides is 4. The van der Waals surface area contributed by atoms with Gasteiger partial charge in [0.25, 0.3) is 11.6 Å². The predicted molar refractivity (Wildman–Crippen MR) is 139 cm³/mol. The van der Waals surface area contributed by atoms with Crippen LogP contribution in [-0.2, 0) is 27.5 Å². The van der Waals surface area contributed by atoms with E-state index < -0.39 is 29.1 Å². The number of hydrogen-bond acceptors (Lipinski definition) is 8. The van der Waals surface area contributed by atoms with Gasteiger partial charge in [-0.05, 0) is 47.4 Å². The van der Waals surface area contributed by atoms with E-state index in [1.54, 1.807) is 42.5 Å². The molecule has 12 heteroatoms. The van der Waals surface area contributed by atoms with Crippen LogP contribution in [0.15, 0.2) is 66.7 Å². The molecule has 2 unspecified atom stereocenters. The van der Waals surface area contributed by atoms with Gasteiger partial charge < -0.3 is 20.1 Å². The van der Waals surface area contributed by atoms with Crippen molar-refractivity contribution in [3.05, 3.63) is 105 Å². The number of piperidine rings is 1. The van der Waals surface area contributed by atoms with Gasteiger partial charge in [0, 0.05) is 29.7 Å². The minimum Gasteiger partial charge on any atom is -0.489 e. The molecule has 0 spiro atoms. The van der Waals surface area contributed by atoms with E-state index in [0.717, 1.165) is 5.56 Å². The number of ether oxygens (including phenoxy) is 2. The molecule has 1 saturated heterocycles. The summed E-state index contributed by atoms with van der Waals surface area (Å²) in [7, 11) is 0. The quantitative estimate of drug-likeness (QED) is 0.247. The number of nitrogens with one attached hydrogen (secondary N) is 1. The molecule has 3 aromatic carbocycles. The number of non-ortho nitro benzene ring substituents is 1. The van der Waals surface area contributed by atoms with E-state index in [1.165, 1.54) is 29.2 Å². The van der Waals surface area contributed by atoms with Crippen molar-refractivity contribution in [2.45, 2.75) is 38.1 Å². The second-order valence-corrected chi connectivity index (χ2v) is 9.38. The molecule has 0 radical (unpaired) electrons. The number of carbonyl (C=O) groups excluding carboxylic acids is 4. The number of hydrogen-bond donors (Lipinski definition) is 2. The van der Waals surface area contributed by atoms with Crippen molar-refractivity contribution in [3.63, 3.8) is 0 Å². The number of fused-ring (bicyclic) bond motifs is 1. The van der Waals surface area contributed by atoms with Crippen molar-refractivity contribution in [1.29, 1.82) is 0 Å². The largest absolute Gasteiger partial charge is 0.489 e. The number of rotatable bonds is 8. The maximum absolute atomic E-state index is 13.0. The summed E-state index contributed by atoms with van der Waals surface area (Å²) in [5.74, 6) is -0.607. The summed E-state index contributed by atoms with van der Waals surface area (Å²) in [5.41, 5.74) is 8.18. The first-order valence-corrected chi connectivity index (χ1v) is 12.4. The van der Waals surface area contributed by atoms with E-state index in [9.17, 15) is 29.3 Å². The molecule has 5 rings (SSSR count). The van der Waals surface area contributed by atoms with Crippen LogP contribution in [0.4, 0.5) is 10.5 Å². The Kier molecular flexibility index (Phi) is 7.15. The monoisotopic (exact) mass is 544 g/mol. The third-order valence-electron chi connectivity index (χ3n) is 6.86. The highest BCUT2D eigenvalue weighted by atomic mass is 16.6. The van der Waals surface area contributed by atoms with Crippen molar-refractivity contribution < 1.29 is 33.6 Å². The van der Waals surface area contributed by atoms with Crippen molar-refractivity contribution in [2.75, 3.05) is 0 Å². The molecule has 12 nitrogen and oxygen atoms in total. The Bertz CT molecular complexity index is 1500. The van der Waals surface area contributed by atoms with Crippen LogP contribution in [0.1, 0.15) is 51.6 Å². The van der Waals surface area contributed by atoms with Gasteiger partial charge >= 0.3 is 6.09 Å². The minimum absolute atomic E-state index is 0.0941. The van der Waals surface area contributed by atoms with Gasteiger partial charge in [0.2, 0.25) is 11.8 Å². The highest BCUT2D eigenvalue weighted by molar-refractivity contribution is 6.05. The van der Waals surface area contributed by atoms with E-state index in [0.29, 0.717) is 28.0 Å². The fourth-order valence-electron chi connectivity index (χ4n) is 4.86. The van der Waals surface area contributed by atoms with E-state index in [4.69, 9.17) is 15.2 Å². The van der Waals surface area contributed by atoms with Crippen LogP contribution in [0.2, 0.25) is 0 Å². The minimum atomic E-state index is -0.991. The lowest BCUT2D eigenvalue weighted by Crippen LogP contribution is -2.52. The van der Waals surface area contributed by atoms with E-state index in [1.807, 2.05) is 0 Å². The highest BCUT2D eigenvalue weighted by Gasteiger charge is 2.40. The van der Waals surface area contributed by atoms with Crippen LogP contribution in [0.3, 0.4) is 0 Å². The van der Waals surface area contributed by atoms with Crippen LogP contribution in [0.25, 0.3) is 0 Å². The number of nitrogens with two attached hydrogens (primary N) is 1. The lowest BCUT2D eigenvalue weighted by molar-refractivity contribution is -0.384. The summed E-state index contributed by atoms with van der Waals surface area (Å²) in [4.78, 5) is 60.3. The molecule has 4 amide bonds. The summed E-state index contributed by atoms with van der Waals surface area (Å²) in [6, 6.07) is 17.1. The van der Waals surface area contributed by atoms with Crippen LogP contribution in [-0.4, -0.2) is 39.7 Å². The summed E-state index contributed by atoms with van der Waals surface area (Å²) in [6.45, 7) is 0.360. The number of nitrogens with zero attached hydrogens (tertiary/aromatic N) is 2. The molecule has 2 aliphatic rings. The van der Waals surface area contributed by atoms with Gasteiger partial charge in [0.05, 0.1) is 11.5 Å². The van der Waals surface area contributed by atoms with E-state index in [-0.39, 0.29) is 43.5 Å². The Balaban J connectivity index is 1.29. The molecule has 0 bridgehead atoms. The second kappa shape index (κ2) is 10.8. The Labute approximate surface area is 227 Å². The van der Waals surface area contributed by atoms with Crippen molar-refractivity contribution in [2.24, 2.45) is 5.73 Å². The SMILES string of the molecule is NC(=O)OC(c1ccc(COc2cccc3c2CN(C2CCC(=O)NC2=O)C3=O)cc1)c1ccc([N+](=O)[O-])cc1. The van der Waals surface area contributed by atoms with Crippen LogP contribution in [0.5, 0.6) is 5.75 Å². The number of benzene rings is 3. The summed E-state index contributed by atoms with van der Waals surface area (Å²) >= 11 is 0. The predicted octanol–water partition coefficient (Wildman–Crippen LogP) is 3.12. The van der Waals surface area contributed by atoms with Gasteiger partial charge in [-0.25, -0.2) is 4.79 Å². The lowest BCUT2D eigenvalue weighted by Gasteiger charge is -2.29. The van der Waals surface area contributed by atoms with Crippen molar-refractivity contribution >= 4 is 29.5 Å². The zero-order valence-corrected chi connectivity index (χ0v) is 21.1. The fraction of sp³-hybridized carbons (Fsp3) is 0.214. The molecule has 2 aliphatic heterocycles. The molecular formula is C28H24N4O8. The zero-order chi connectivity index (χ0) is 28.4. The molecule has 1 fully saturated rings. The van der Waals surface area contributed by atoms with Gasteiger partial charge in [-0.2, -0.15) is 0 Å². The molecule has 2 heterocycles. The standard InChI is InChI=1S/C28H24N4O8/c29-28(36)40-25(18-8-10-19(11-9-18)32(37)38)17-6-4-16(5-7-17)15-39-23-3-1-2-20-21(23)14-31(27(20)35)22-12-13-24(33)30-26(22)34/h1-11,22,25H,12-15H2,(H2,29,36)(H,30,33,34). The highest BCUT2D eigenvalue weighted by Crippen LogP contribution is 2.34. The van der Waals surface area contributed by atoms with Gasteiger partial charge in [-0.1, -0.05) is 30.3 Å². The topological polar surface area (TPSA) is 171 Å². The summed E-state index contributed by atoms with van der Waals surface area (Å²) < 4.78 is 11.3. The number of imide groups is 1. The van der Waals surface area contributed by atoms with Crippen molar-refractivity contribution in [1.82, 2.24) is 10.2 Å². The van der Waals surface area contributed by atoms with Crippen molar-refractivity contribution in [3.8, 4) is 5.75 Å². The van der Waals surface area contributed by atoms with E-state index in [2.05, 4.69) is 5.32 Å². The number of nitro benzene ring substituents is 1. The average molecular weight is 545 g/mol. The van der Waals surface area contributed by atoms with Crippen LogP contribution >= 0.6 is 0 Å². The molecule has 3 aromatic rings. The molecule has 0 aliphatic carbocycles. The summed E-state index contributed by atoms with van der Waals surface area (Å²) in [6.07, 6.45) is -1.41. The van der Waals surface area contributed by atoms with Crippen LogP contribution in [0, 0.1) is 10.1 Å². The number of carbonyl (C=O) groups is 4. The average Bonchev–Trinajstić information content (AvgIpc) is 3.27. The molecule has 0 aromatic heterocycles. The Morgan fingerprint density at radius 1 is 1.05 bits per heavy atom. The Morgan fingerprint density at radius 3 is 2.35 bits per heavy atom. The van der Waals surface area contributed by atoms with Crippen LogP contribution < -0.4 is 15.8 Å². The fourth-order valence-corrected chi connectivity index (χ4v) is 4.86. The second-order valence-electron chi connectivity index (χ2n) is 9.38. The Hall–Kier alpha value is -5.26. The summed E-state index contributed by atoms with van der Waals surface area (Å²) in [5, 5.41) is 13.3. The smallest absolute Gasteiger partial charge is 0.405 e. The number of primary amides is 1. The first-order chi connectivity index (χ1) is 19.2.